The number of hydrogen-bond acceptors (Lipinski definition) is 5. The van der Waals surface area contributed by atoms with Gasteiger partial charge in [-0.2, -0.15) is 0 Å². The zero-order chi connectivity index (χ0) is 19.3. The number of Topliss-reactive ketones (excluding diaryl/α,β-unsaturated/α-hetero) is 1. The van der Waals surface area contributed by atoms with E-state index in [1.54, 1.807) is 18.3 Å². The largest absolute Gasteiger partial charge is 0.298 e. The zero-order valence-electron chi connectivity index (χ0n) is 15.4. The molecule has 0 unspecified atom stereocenters. The Labute approximate surface area is 172 Å². The van der Waals surface area contributed by atoms with E-state index in [2.05, 4.69) is 26.9 Å². The van der Waals surface area contributed by atoms with E-state index in [-0.39, 0.29) is 11.0 Å². The highest BCUT2D eigenvalue weighted by Gasteiger charge is 2.23. The van der Waals surface area contributed by atoms with E-state index in [1.165, 1.54) is 17.3 Å². The Morgan fingerprint density at radius 1 is 1.00 bits per heavy atom. The predicted molar refractivity (Wildman–Crippen MR) is 115 cm³/mol. The maximum Gasteiger partial charge on any atom is 0.192 e. The molecule has 2 aromatic carbocycles. The molecule has 1 atom stereocenters. The molecule has 140 valence electrons. The summed E-state index contributed by atoms with van der Waals surface area (Å²) < 4.78 is 2.10. The quantitative estimate of drug-likeness (QED) is 0.382. The van der Waals surface area contributed by atoms with Crippen LogP contribution in [0.1, 0.15) is 23.3 Å². The molecule has 2 heterocycles. The number of rotatable bonds is 7. The molecule has 0 saturated carbocycles. The summed E-state index contributed by atoms with van der Waals surface area (Å²) in [5.41, 5.74) is 2.15. The van der Waals surface area contributed by atoms with Crippen LogP contribution in [0.3, 0.4) is 0 Å². The summed E-state index contributed by atoms with van der Waals surface area (Å²) in [7, 11) is 0. The van der Waals surface area contributed by atoms with Crippen LogP contribution in [0.4, 0.5) is 0 Å². The first-order chi connectivity index (χ1) is 13.7. The topological polar surface area (TPSA) is 47.8 Å². The number of ketones is 1. The zero-order valence-corrected chi connectivity index (χ0v) is 17.0. The van der Waals surface area contributed by atoms with Crippen LogP contribution in [0.5, 0.6) is 0 Å². The molecule has 0 radical (unpaired) electrons. The molecule has 0 aliphatic rings. The molecule has 0 amide bonds. The van der Waals surface area contributed by atoms with Crippen molar-refractivity contribution in [2.45, 2.75) is 23.9 Å². The lowest BCUT2D eigenvalue weighted by molar-refractivity contribution is -0.116. The molecule has 0 aliphatic carbocycles. The number of thioether (sulfide) groups is 1. The van der Waals surface area contributed by atoms with Gasteiger partial charge >= 0.3 is 0 Å². The third-order valence-corrected chi connectivity index (χ3v) is 6.56. The van der Waals surface area contributed by atoms with Gasteiger partial charge in [0.1, 0.15) is 5.78 Å². The minimum atomic E-state index is -0.309. The lowest BCUT2D eigenvalue weighted by Crippen LogP contribution is -2.08. The molecule has 0 spiro atoms. The van der Waals surface area contributed by atoms with Crippen molar-refractivity contribution in [2.75, 3.05) is 0 Å². The van der Waals surface area contributed by atoms with Gasteiger partial charge < -0.3 is 0 Å². The normalized spacial score (nSPS) is 12.0. The summed E-state index contributed by atoms with van der Waals surface area (Å²) in [6.45, 7) is 2.28. The van der Waals surface area contributed by atoms with Crippen molar-refractivity contribution in [1.29, 1.82) is 0 Å². The van der Waals surface area contributed by atoms with Crippen molar-refractivity contribution in [3.8, 4) is 10.7 Å². The molecule has 0 N–H and O–H groups in total. The maximum absolute atomic E-state index is 12.4. The Kier molecular flexibility index (Phi) is 5.69. The molecular weight excluding hydrogens is 386 g/mol. The van der Waals surface area contributed by atoms with Crippen LogP contribution in [0, 0.1) is 0 Å². The second kappa shape index (κ2) is 8.54. The fourth-order valence-corrected chi connectivity index (χ4v) is 4.74. The van der Waals surface area contributed by atoms with E-state index >= 15 is 0 Å². The number of hydrogen-bond donors (Lipinski definition) is 0. The van der Waals surface area contributed by atoms with Crippen LogP contribution < -0.4 is 0 Å². The van der Waals surface area contributed by atoms with Crippen molar-refractivity contribution in [2.24, 2.45) is 0 Å². The Morgan fingerprint density at radius 3 is 2.36 bits per heavy atom. The summed E-state index contributed by atoms with van der Waals surface area (Å²) in [5, 5.41) is 11.4. The third-order valence-electron chi connectivity index (χ3n) is 4.34. The fourth-order valence-electron chi connectivity index (χ4n) is 2.99. The van der Waals surface area contributed by atoms with Crippen molar-refractivity contribution >= 4 is 28.9 Å². The summed E-state index contributed by atoms with van der Waals surface area (Å²) in [5.74, 6) is 0.930. The van der Waals surface area contributed by atoms with Crippen LogP contribution in [0.2, 0.25) is 0 Å². The molecule has 0 fully saturated rings. The number of carbonyl (C=O) groups is 1. The van der Waals surface area contributed by atoms with Crippen LogP contribution in [0.15, 0.2) is 83.3 Å². The van der Waals surface area contributed by atoms with Gasteiger partial charge in [-0.15, -0.1) is 21.5 Å². The Balaban J connectivity index is 1.73. The minimum Gasteiger partial charge on any atom is -0.298 e. The van der Waals surface area contributed by atoms with Gasteiger partial charge in [-0.05, 0) is 29.5 Å². The molecule has 4 nitrogen and oxygen atoms in total. The highest BCUT2D eigenvalue weighted by Crippen LogP contribution is 2.37. The van der Waals surface area contributed by atoms with Crippen molar-refractivity contribution in [3.05, 3.63) is 89.3 Å². The second-order valence-corrected chi connectivity index (χ2v) is 8.39. The first-order valence-corrected chi connectivity index (χ1v) is 10.7. The Hall–Kier alpha value is -2.70. The van der Waals surface area contributed by atoms with Gasteiger partial charge in [0.15, 0.2) is 11.0 Å². The van der Waals surface area contributed by atoms with Gasteiger partial charge in [0.2, 0.25) is 0 Å². The van der Waals surface area contributed by atoms with E-state index in [4.69, 9.17) is 0 Å². The summed E-state index contributed by atoms with van der Waals surface area (Å²) in [4.78, 5) is 13.4. The lowest BCUT2D eigenvalue weighted by Gasteiger charge is -2.15. The first kappa shape index (κ1) is 18.7. The predicted octanol–water partition coefficient (Wildman–Crippen LogP) is 5.48. The third kappa shape index (κ3) is 4.08. The van der Waals surface area contributed by atoms with E-state index in [9.17, 15) is 4.79 Å². The highest BCUT2D eigenvalue weighted by atomic mass is 32.2. The average molecular weight is 406 g/mol. The average Bonchev–Trinajstić information content (AvgIpc) is 3.37. The van der Waals surface area contributed by atoms with Crippen LogP contribution in [-0.2, 0) is 11.3 Å². The van der Waals surface area contributed by atoms with Gasteiger partial charge in [-0.25, -0.2) is 0 Å². The molecule has 6 heteroatoms. The van der Waals surface area contributed by atoms with Gasteiger partial charge in [-0.3, -0.25) is 9.36 Å². The van der Waals surface area contributed by atoms with E-state index in [0.29, 0.717) is 6.54 Å². The van der Waals surface area contributed by atoms with Gasteiger partial charge in [-0.1, -0.05) is 78.5 Å². The Bertz CT molecular complexity index is 1040. The molecule has 4 rings (SSSR count). The molecule has 0 saturated heterocycles. The maximum atomic E-state index is 12.4. The van der Waals surface area contributed by atoms with Crippen LogP contribution in [-0.4, -0.2) is 20.5 Å². The smallest absolute Gasteiger partial charge is 0.192 e. The molecule has 2 aromatic heterocycles. The number of benzene rings is 2. The van der Waals surface area contributed by atoms with E-state index in [0.717, 1.165) is 21.4 Å². The van der Waals surface area contributed by atoms with E-state index in [1.807, 2.05) is 66.0 Å². The summed E-state index contributed by atoms with van der Waals surface area (Å²) in [6.07, 6.45) is 0. The van der Waals surface area contributed by atoms with E-state index < -0.39 is 0 Å². The van der Waals surface area contributed by atoms with Crippen molar-refractivity contribution < 1.29 is 4.79 Å². The monoisotopic (exact) mass is 405 g/mol. The number of nitrogens with zero attached hydrogens (tertiary/aromatic N) is 3. The van der Waals surface area contributed by atoms with Crippen molar-refractivity contribution in [1.82, 2.24) is 14.8 Å². The molecule has 4 aromatic rings. The van der Waals surface area contributed by atoms with Gasteiger partial charge in [0.25, 0.3) is 0 Å². The van der Waals surface area contributed by atoms with Crippen LogP contribution in [0.25, 0.3) is 10.7 Å². The number of carbonyl (C=O) groups excluding carboxylic acids is 1. The Morgan fingerprint density at radius 2 is 1.71 bits per heavy atom. The summed E-state index contributed by atoms with van der Waals surface area (Å²) in [6, 6.07) is 24.1. The minimum absolute atomic E-state index is 0.100. The second-order valence-electron chi connectivity index (χ2n) is 6.37. The highest BCUT2D eigenvalue weighted by molar-refractivity contribution is 8.00. The van der Waals surface area contributed by atoms with Gasteiger partial charge in [0.05, 0.1) is 16.7 Å². The summed E-state index contributed by atoms with van der Waals surface area (Å²) >= 11 is 3.09. The van der Waals surface area contributed by atoms with Crippen molar-refractivity contribution in [3.63, 3.8) is 0 Å². The molecule has 28 heavy (non-hydrogen) atoms. The molecule has 0 aliphatic heterocycles. The number of thiophene rings is 1. The van der Waals surface area contributed by atoms with Gasteiger partial charge in [0, 0.05) is 0 Å². The lowest BCUT2D eigenvalue weighted by atomic mass is 10.1. The molecular formula is C22H19N3OS2. The number of aromatic nitrogens is 3. The standard InChI is InChI=1S/C22H19N3OS2/c1-16(26)20(18-11-6-3-7-12-18)28-22-24-23-21(19-13-8-14-27-19)25(22)15-17-9-4-2-5-10-17/h2-14,20H,15H2,1H3/t20-/m0/s1. The first-order valence-electron chi connectivity index (χ1n) is 8.95. The SMILES string of the molecule is CC(=O)[C@H](Sc1nnc(-c2cccs2)n1Cc1ccccc1)c1ccccc1. The fraction of sp³-hybridized carbons (Fsp3) is 0.136. The molecule has 0 bridgehead atoms. The van der Waals surface area contributed by atoms with Crippen LogP contribution >= 0.6 is 23.1 Å².